The molecule has 160 valence electrons. The molecule has 8 nitrogen and oxygen atoms in total. The topological polar surface area (TPSA) is 95.1 Å². The fourth-order valence-corrected chi connectivity index (χ4v) is 3.27. The van der Waals surface area contributed by atoms with Crippen LogP contribution in [0.15, 0.2) is 53.1 Å². The summed E-state index contributed by atoms with van der Waals surface area (Å²) in [4.78, 5) is 20.3. The molecule has 0 aliphatic carbocycles. The molecule has 0 aliphatic heterocycles. The van der Waals surface area contributed by atoms with Gasteiger partial charge in [0.25, 0.3) is 6.43 Å². The Hall–Kier alpha value is -3.82. The zero-order valence-corrected chi connectivity index (χ0v) is 16.6. The number of aromatic nitrogens is 4. The van der Waals surface area contributed by atoms with Gasteiger partial charge in [-0.3, -0.25) is 4.79 Å². The number of fused-ring (bicyclic) bond motifs is 1. The lowest BCUT2D eigenvalue weighted by atomic mass is 10.1. The number of methoxy groups -OCH3 is 1. The first-order valence-corrected chi connectivity index (χ1v) is 9.53. The van der Waals surface area contributed by atoms with Crippen molar-refractivity contribution in [2.75, 3.05) is 13.7 Å². The number of amides is 1. The highest BCUT2D eigenvalue weighted by Crippen LogP contribution is 2.24. The summed E-state index contributed by atoms with van der Waals surface area (Å²) < 4.78 is 38.4. The van der Waals surface area contributed by atoms with Crippen molar-refractivity contribution in [1.29, 1.82) is 0 Å². The van der Waals surface area contributed by atoms with E-state index in [2.05, 4.69) is 20.4 Å². The summed E-state index contributed by atoms with van der Waals surface area (Å²) in [5, 5.41) is 6.45. The molecule has 0 atom stereocenters. The quantitative estimate of drug-likeness (QED) is 0.463. The third-order valence-corrected chi connectivity index (χ3v) is 4.71. The fourth-order valence-electron chi connectivity index (χ4n) is 3.27. The molecule has 0 saturated heterocycles. The Kier molecular flexibility index (Phi) is 5.87. The van der Waals surface area contributed by atoms with Crippen LogP contribution >= 0.6 is 0 Å². The zero-order valence-electron chi connectivity index (χ0n) is 16.6. The van der Waals surface area contributed by atoms with Crippen molar-refractivity contribution in [2.45, 2.75) is 19.4 Å². The van der Waals surface area contributed by atoms with Gasteiger partial charge in [-0.15, -0.1) is 0 Å². The smallest absolute Gasteiger partial charge is 0.316 e. The summed E-state index contributed by atoms with van der Waals surface area (Å²) in [6.07, 6.45) is -2.22. The molecule has 2 heterocycles. The maximum absolute atomic E-state index is 13.4. The highest BCUT2D eigenvalue weighted by atomic mass is 19.3. The molecule has 4 rings (SSSR count). The number of carbonyl (C=O) groups excluding carboxylic acids is 1. The number of benzene rings is 2. The number of carbonyl (C=O) groups is 1. The summed E-state index contributed by atoms with van der Waals surface area (Å²) in [6.45, 7) is 0.233. The van der Waals surface area contributed by atoms with Crippen LogP contribution in [0.2, 0.25) is 0 Å². The maximum atomic E-state index is 13.4. The van der Waals surface area contributed by atoms with E-state index in [1.165, 1.54) is 4.57 Å². The molecule has 2 aromatic heterocycles. The van der Waals surface area contributed by atoms with Gasteiger partial charge in [-0.2, -0.15) is 4.98 Å². The van der Waals surface area contributed by atoms with E-state index in [0.29, 0.717) is 24.0 Å². The normalized spacial score (nSPS) is 11.2. The largest absolute Gasteiger partial charge is 0.496 e. The van der Waals surface area contributed by atoms with E-state index in [1.54, 1.807) is 31.4 Å². The van der Waals surface area contributed by atoms with Crippen molar-refractivity contribution in [3.8, 4) is 5.75 Å². The van der Waals surface area contributed by atoms with Gasteiger partial charge in [-0.1, -0.05) is 35.5 Å². The van der Waals surface area contributed by atoms with Crippen LogP contribution in [0.25, 0.3) is 11.0 Å². The maximum Gasteiger partial charge on any atom is 0.316 e. The number of rotatable bonds is 8. The second kappa shape index (κ2) is 8.90. The van der Waals surface area contributed by atoms with Crippen LogP contribution in [0, 0.1) is 0 Å². The molecule has 0 aliphatic rings. The van der Waals surface area contributed by atoms with Gasteiger partial charge in [0.15, 0.2) is 11.6 Å². The van der Waals surface area contributed by atoms with Crippen LogP contribution in [0.3, 0.4) is 0 Å². The number of para-hydroxylation sites is 3. The van der Waals surface area contributed by atoms with E-state index in [0.717, 1.165) is 11.3 Å². The van der Waals surface area contributed by atoms with Crippen molar-refractivity contribution in [3.63, 3.8) is 0 Å². The van der Waals surface area contributed by atoms with Crippen LogP contribution in [0.5, 0.6) is 5.75 Å². The highest BCUT2D eigenvalue weighted by molar-refractivity contribution is 5.89. The van der Waals surface area contributed by atoms with E-state index >= 15 is 0 Å². The highest BCUT2D eigenvalue weighted by Gasteiger charge is 2.21. The first kappa shape index (κ1) is 20.5. The van der Waals surface area contributed by atoms with Gasteiger partial charge in [0, 0.05) is 6.54 Å². The number of ether oxygens (including phenoxy) is 1. The van der Waals surface area contributed by atoms with Crippen LogP contribution in [0.4, 0.5) is 8.78 Å². The van der Waals surface area contributed by atoms with Crippen molar-refractivity contribution < 1.29 is 22.8 Å². The average molecular weight is 427 g/mol. The number of alkyl halides is 2. The van der Waals surface area contributed by atoms with E-state index in [4.69, 9.17) is 9.26 Å². The molecule has 1 N–H and O–H groups in total. The van der Waals surface area contributed by atoms with Gasteiger partial charge in [-0.05, 0) is 30.2 Å². The Labute approximate surface area is 175 Å². The summed E-state index contributed by atoms with van der Waals surface area (Å²) in [7, 11) is 1.58. The molecule has 2 aromatic carbocycles. The second-order valence-corrected chi connectivity index (χ2v) is 6.68. The van der Waals surface area contributed by atoms with E-state index < -0.39 is 18.2 Å². The molecule has 0 radical (unpaired) electrons. The minimum atomic E-state index is -2.77. The summed E-state index contributed by atoms with van der Waals surface area (Å²) in [5.74, 6) is -0.343. The van der Waals surface area contributed by atoms with E-state index in [9.17, 15) is 13.6 Å². The van der Waals surface area contributed by atoms with Gasteiger partial charge >= 0.3 is 11.8 Å². The minimum Gasteiger partial charge on any atom is -0.496 e. The number of hydrogen-bond donors (Lipinski definition) is 1. The first-order chi connectivity index (χ1) is 15.1. The Morgan fingerprint density at radius 1 is 1.16 bits per heavy atom. The lowest BCUT2D eigenvalue weighted by molar-refractivity contribution is 0.0910. The summed E-state index contributed by atoms with van der Waals surface area (Å²) in [5.41, 5.74) is 1.91. The lowest BCUT2D eigenvalue weighted by Crippen LogP contribution is -2.26. The summed E-state index contributed by atoms with van der Waals surface area (Å²) >= 11 is 0. The number of nitrogens with one attached hydrogen (secondary N) is 1. The molecule has 0 unspecified atom stereocenters. The predicted octanol–water partition coefficient (Wildman–Crippen LogP) is 3.39. The van der Waals surface area contributed by atoms with Crippen LogP contribution in [0.1, 0.15) is 34.3 Å². The Bertz CT molecular complexity index is 1200. The van der Waals surface area contributed by atoms with Crippen LogP contribution < -0.4 is 10.1 Å². The molecule has 0 spiro atoms. The van der Waals surface area contributed by atoms with Crippen molar-refractivity contribution in [2.24, 2.45) is 0 Å². The van der Waals surface area contributed by atoms with Gasteiger partial charge < -0.3 is 19.1 Å². The van der Waals surface area contributed by atoms with E-state index in [-0.39, 0.29) is 18.3 Å². The monoisotopic (exact) mass is 427 g/mol. The third-order valence-electron chi connectivity index (χ3n) is 4.71. The molecule has 4 aromatic rings. The van der Waals surface area contributed by atoms with Gasteiger partial charge in [0.1, 0.15) is 5.75 Å². The molecule has 1 amide bonds. The van der Waals surface area contributed by atoms with Gasteiger partial charge in [-0.25, -0.2) is 13.8 Å². The first-order valence-electron chi connectivity index (χ1n) is 9.53. The van der Waals surface area contributed by atoms with E-state index in [1.807, 2.05) is 24.3 Å². The van der Waals surface area contributed by atoms with Crippen molar-refractivity contribution >= 4 is 16.9 Å². The fraction of sp³-hybridized carbons (Fsp3) is 0.238. The molecular formula is C21H19F2N5O3. The Morgan fingerprint density at radius 3 is 2.74 bits per heavy atom. The molecule has 0 fully saturated rings. The molecule has 31 heavy (non-hydrogen) atoms. The third kappa shape index (κ3) is 4.37. The Morgan fingerprint density at radius 2 is 1.94 bits per heavy atom. The number of nitrogens with zero attached hydrogens (tertiary/aromatic N) is 4. The second-order valence-electron chi connectivity index (χ2n) is 6.68. The number of hydrogen-bond acceptors (Lipinski definition) is 6. The van der Waals surface area contributed by atoms with Crippen LogP contribution in [-0.4, -0.2) is 39.3 Å². The van der Waals surface area contributed by atoms with Gasteiger partial charge in [0.05, 0.1) is 24.7 Å². The SMILES string of the molecule is COc1ccccc1CCNC(=O)c1nc(Cn2c(C(F)F)nc3ccccc32)no1. The standard InChI is InChI=1S/C21H19F2N5O3/c1-30-16-9-5-2-6-13(16)10-11-24-20(29)21-26-17(27-31-21)12-28-15-8-4-3-7-14(15)25-19(28)18(22)23/h2-9,18H,10-12H2,1H3,(H,24,29). The number of imidazole rings is 1. The van der Waals surface area contributed by atoms with Crippen LogP contribution in [-0.2, 0) is 13.0 Å². The van der Waals surface area contributed by atoms with Crippen molar-refractivity contribution in [1.82, 2.24) is 25.0 Å². The van der Waals surface area contributed by atoms with Crippen molar-refractivity contribution in [3.05, 3.63) is 71.6 Å². The summed E-state index contributed by atoms with van der Waals surface area (Å²) in [6, 6.07) is 14.3. The Balaban J connectivity index is 1.43. The minimum absolute atomic E-state index is 0.0972. The molecule has 10 heteroatoms. The number of halogens is 2. The molecule has 0 saturated carbocycles. The van der Waals surface area contributed by atoms with Gasteiger partial charge in [0.2, 0.25) is 0 Å². The average Bonchev–Trinajstić information content (AvgIpc) is 3.40. The molecule has 0 bridgehead atoms. The predicted molar refractivity (Wildman–Crippen MR) is 107 cm³/mol. The lowest BCUT2D eigenvalue weighted by Gasteiger charge is -2.08. The molecular weight excluding hydrogens is 408 g/mol. The zero-order chi connectivity index (χ0) is 21.8.